The molecule has 1 unspecified atom stereocenters. The highest BCUT2D eigenvalue weighted by Gasteiger charge is 2.13. The Morgan fingerprint density at radius 2 is 1.91 bits per heavy atom. The summed E-state index contributed by atoms with van der Waals surface area (Å²) in [6, 6.07) is 11.6. The number of benzene rings is 1. The van der Waals surface area contributed by atoms with Crippen molar-refractivity contribution in [3.8, 4) is 21.6 Å². The van der Waals surface area contributed by atoms with Crippen LogP contribution in [0.1, 0.15) is 5.56 Å². The minimum absolute atomic E-state index is 0.148. The molecule has 0 aliphatic heterocycles. The van der Waals surface area contributed by atoms with Crippen molar-refractivity contribution in [1.29, 1.82) is 0 Å². The van der Waals surface area contributed by atoms with Crippen molar-refractivity contribution in [2.24, 2.45) is 0 Å². The fraction of sp³-hybridized carbons (Fsp3) is 0.0667. The molecule has 22 heavy (non-hydrogen) atoms. The lowest BCUT2D eigenvalue weighted by molar-refractivity contribution is 0.563. The van der Waals surface area contributed by atoms with Gasteiger partial charge in [0.2, 0.25) is 0 Å². The van der Waals surface area contributed by atoms with Crippen molar-refractivity contribution in [2.45, 2.75) is 5.75 Å². The van der Waals surface area contributed by atoms with Crippen molar-refractivity contribution in [3.05, 3.63) is 58.2 Å². The molecular weight excluding hydrogens is 354 g/mol. The standard InChI is InChI=1S/C15H11NO2S4/c17-22(18)9-10-3-5-11(6-4-10)14-13(15(19)21-20-14)12-2-1-7-16-8-12/h1-8H,9H2,(H,17,18). The van der Waals surface area contributed by atoms with Gasteiger partial charge in [0, 0.05) is 23.5 Å². The molecule has 0 aliphatic rings. The summed E-state index contributed by atoms with van der Waals surface area (Å²) in [5.41, 5.74) is 3.95. The second kappa shape index (κ2) is 6.89. The van der Waals surface area contributed by atoms with Gasteiger partial charge in [0.15, 0.2) is 11.1 Å². The van der Waals surface area contributed by atoms with E-state index in [0.717, 1.165) is 31.0 Å². The first-order chi connectivity index (χ1) is 10.6. The maximum Gasteiger partial charge on any atom is 0.157 e. The Kier molecular flexibility index (Phi) is 4.90. The van der Waals surface area contributed by atoms with Crippen LogP contribution >= 0.6 is 32.9 Å². The summed E-state index contributed by atoms with van der Waals surface area (Å²) < 4.78 is 20.7. The Morgan fingerprint density at radius 1 is 1.14 bits per heavy atom. The molecule has 0 radical (unpaired) electrons. The van der Waals surface area contributed by atoms with Crippen molar-refractivity contribution in [1.82, 2.24) is 4.98 Å². The van der Waals surface area contributed by atoms with Crippen LogP contribution in [0.3, 0.4) is 0 Å². The summed E-state index contributed by atoms with van der Waals surface area (Å²) >= 11 is 3.65. The smallest absolute Gasteiger partial charge is 0.157 e. The van der Waals surface area contributed by atoms with E-state index < -0.39 is 11.1 Å². The lowest BCUT2D eigenvalue weighted by Gasteiger charge is -2.04. The van der Waals surface area contributed by atoms with Gasteiger partial charge in [0.05, 0.1) is 10.6 Å². The summed E-state index contributed by atoms with van der Waals surface area (Å²) in [6.45, 7) is 0. The molecule has 0 aliphatic carbocycles. The topological polar surface area (TPSA) is 50.2 Å². The number of aromatic nitrogens is 1. The number of hydrogen-bond acceptors (Lipinski definition) is 5. The van der Waals surface area contributed by atoms with Gasteiger partial charge >= 0.3 is 0 Å². The number of rotatable bonds is 4. The molecule has 1 N–H and O–H groups in total. The first kappa shape index (κ1) is 15.6. The zero-order valence-electron chi connectivity index (χ0n) is 11.3. The molecule has 2 heterocycles. The number of pyridine rings is 1. The molecule has 1 aromatic carbocycles. The van der Waals surface area contributed by atoms with E-state index in [-0.39, 0.29) is 5.75 Å². The van der Waals surface area contributed by atoms with E-state index in [9.17, 15) is 4.21 Å². The van der Waals surface area contributed by atoms with Gasteiger partial charge in [-0.15, -0.1) is 0 Å². The Labute approximate surface area is 143 Å². The van der Waals surface area contributed by atoms with E-state index in [4.69, 9.17) is 16.8 Å². The average Bonchev–Trinajstić information content (AvgIpc) is 2.90. The Bertz CT molecular complexity index is 853. The van der Waals surface area contributed by atoms with E-state index in [2.05, 4.69) is 4.98 Å². The SMILES string of the molecule is O=S(O)Cc1ccc(-c2ssc(=S)c2-c2cccnc2)cc1. The first-order valence-corrected chi connectivity index (χ1v) is 10.2. The van der Waals surface area contributed by atoms with Crippen molar-refractivity contribution >= 4 is 44.0 Å². The second-order valence-corrected chi connectivity index (χ2v) is 8.31. The zero-order valence-corrected chi connectivity index (χ0v) is 14.5. The van der Waals surface area contributed by atoms with Gasteiger partial charge in [-0.2, -0.15) is 0 Å². The average molecular weight is 366 g/mol. The lowest BCUT2D eigenvalue weighted by Crippen LogP contribution is -1.92. The zero-order chi connectivity index (χ0) is 15.5. The van der Waals surface area contributed by atoms with Crippen LogP contribution < -0.4 is 0 Å². The molecule has 1 atom stereocenters. The van der Waals surface area contributed by atoms with E-state index >= 15 is 0 Å². The monoisotopic (exact) mass is 365 g/mol. The van der Waals surface area contributed by atoms with Crippen LogP contribution in [0.4, 0.5) is 0 Å². The molecule has 3 aromatic rings. The van der Waals surface area contributed by atoms with Crippen LogP contribution in [-0.4, -0.2) is 13.7 Å². The van der Waals surface area contributed by atoms with E-state index in [0.29, 0.717) is 0 Å². The molecule has 3 rings (SSSR count). The molecule has 112 valence electrons. The third-order valence-electron chi connectivity index (χ3n) is 3.09. The highest BCUT2D eigenvalue weighted by atomic mass is 32.9. The fourth-order valence-electron chi connectivity index (χ4n) is 2.10. The van der Waals surface area contributed by atoms with Crippen molar-refractivity contribution in [3.63, 3.8) is 0 Å². The van der Waals surface area contributed by atoms with Gasteiger partial charge in [-0.05, 0) is 17.2 Å². The minimum atomic E-state index is -1.82. The molecule has 0 saturated carbocycles. The van der Waals surface area contributed by atoms with Crippen LogP contribution in [0.25, 0.3) is 21.6 Å². The second-order valence-electron chi connectivity index (χ2n) is 4.56. The maximum absolute atomic E-state index is 10.9. The highest BCUT2D eigenvalue weighted by Crippen LogP contribution is 2.40. The van der Waals surface area contributed by atoms with Gasteiger partial charge in [-0.1, -0.05) is 63.2 Å². The van der Waals surface area contributed by atoms with Crippen LogP contribution in [0.2, 0.25) is 0 Å². The number of nitrogens with zero attached hydrogens (tertiary/aromatic N) is 1. The molecule has 3 nitrogen and oxygen atoms in total. The largest absolute Gasteiger partial charge is 0.306 e. The Morgan fingerprint density at radius 3 is 2.55 bits per heavy atom. The Hall–Kier alpha value is -1.25. The van der Waals surface area contributed by atoms with Gasteiger partial charge in [0.25, 0.3) is 0 Å². The van der Waals surface area contributed by atoms with Gasteiger partial charge < -0.3 is 4.55 Å². The molecule has 0 fully saturated rings. The van der Waals surface area contributed by atoms with Gasteiger partial charge in [0.1, 0.15) is 3.82 Å². The van der Waals surface area contributed by atoms with Crippen LogP contribution in [0, 0.1) is 3.82 Å². The van der Waals surface area contributed by atoms with Crippen molar-refractivity contribution in [2.75, 3.05) is 0 Å². The third kappa shape index (κ3) is 3.39. The van der Waals surface area contributed by atoms with Crippen molar-refractivity contribution < 1.29 is 8.76 Å². The quantitative estimate of drug-likeness (QED) is 0.402. The van der Waals surface area contributed by atoms with Gasteiger partial charge in [-0.3, -0.25) is 4.98 Å². The fourth-order valence-corrected chi connectivity index (χ4v) is 5.50. The lowest BCUT2D eigenvalue weighted by atomic mass is 10.0. The van der Waals surface area contributed by atoms with Crippen LogP contribution in [0.5, 0.6) is 0 Å². The highest BCUT2D eigenvalue weighted by molar-refractivity contribution is 7.80. The third-order valence-corrected chi connectivity index (χ3v) is 6.73. The Balaban J connectivity index is 2.03. The van der Waals surface area contributed by atoms with E-state index in [1.807, 2.05) is 42.6 Å². The summed E-state index contributed by atoms with van der Waals surface area (Å²) in [4.78, 5) is 5.28. The predicted molar refractivity (Wildman–Crippen MR) is 96.2 cm³/mol. The molecule has 2 aromatic heterocycles. The van der Waals surface area contributed by atoms with Crippen LogP contribution in [-0.2, 0) is 16.8 Å². The summed E-state index contributed by atoms with van der Waals surface area (Å²) in [7, 11) is 3.22. The molecule has 0 saturated heterocycles. The summed E-state index contributed by atoms with van der Waals surface area (Å²) in [5.74, 6) is 0.148. The molecule has 0 spiro atoms. The van der Waals surface area contributed by atoms with E-state index in [1.54, 1.807) is 26.9 Å². The first-order valence-electron chi connectivity index (χ1n) is 6.35. The van der Waals surface area contributed by atoms with E-state index in [1.165, 1.54) is 0 Å². The normalized spacial score (nSPS) is 12.2. The summed E-state index contributed by atoms with van der Waals surface area (Å²) in [5, 5.41) is 0. The summed E-state index contributed by atoms with van der Waals surface area (Å²) in [6.07, 6.45) is 3.56. The molecule has 0 amide bonds. The maximum atomic E-state index is 10.9. The number of hydrogen-bond donors (Lipinski definition) is 1. The molecule has 0 bridgehead atoms. The minimum Gasteiger partial charge on any atom is -0.306 e. The molecule has 7 heteroatoms. The van der Waals surface area contributed by atoms with Crippen LogP contribution in [0.15, 0.2) is 48.8 Å². The molecular formula is C15H11NO2S4. The van der Waals surface area contributed by atoms with Gasteiger partial charge in [-0.25, -0.2) is 4.21 Å². The predicted octanol–water partition coefficient (Wildman–Crippen LogP) is 4.99.